The Morgan fingerprint density at radius 3 is 1.68 bits per heavy atom. The van der Waals surface area contributed by atoms with Crippen LogP contribution in [0.15, 0.2) is 200 Å². The largest absolute Gasteiger partial charge is 0.333 e. The van der Waals surface area contributed by atoms with Gasteiger partial charge in [-0.15, -0.1) is 0 Å². The van der Waals surface area contributed by atoms with Gasteiger partial charge in [0.25, 0.3) is 0 Å². The average molecular weight is 759 g/mol. The molecule has 1 aromatic heterocycles. The van der Waals surface area contributed by atoms with Crippen molar-refractivity contribution < 1.29 is 4.79 Å². The van der Waals surface area contributed by atoms with Crippen molar-refractivity contribution in [3.05, 3.63) is 228 Å². The quantitative estimate of drug-likeness (QED) is 0.146. The number of hydrogen-bond acceptors (Lipinski definition) is 2. The molecule has 3 heteroatoms. The molecule has 0 spiro atoms. The Hall–Kier alpha value is -7.49. The van der Waals surface area contributed by atoms with Gasteiger partial charge in [-0.25, -0.2) is 0 Å². The van der Waals surface area contributed by atoms with E-state index in [0.717, 1.165) is 73.5 Å². The summed E-state index contributed by atoms with van der Waals surface area (Å²) in [7, 11) is 0. The summed E-state index contributed by atoms with van der Waals surface area (Å²) in [6.07, 6.45) is 18.3. The van der Waals surface area contributed by atoms with Gasteiger partial charge in [-0.05, 0) is 94.8 Å². The van der Waals surface area contributed by atoms with Crippen LogP contribution in [0.2, 0.25) is 0 Å². The van der Waals surface area contributed by atoms with Crippen molar-refractivity contribution in [3.8, 4) is 33.4 Å². The van der Waals surface area contributed by atoms with Gasteiger partial charge in [0, 0.05) is 39.3 Å². The lowest BCUT2D eigenvalue weighted by Gasteiger charge is -2.26. The second-order valence-corrected chi connectivity index (χ2v) is 15.1. The molecule has 1 unspecified atom stereocenters. The van der Waals surface area contributed by atoms with Crippen molar-refractivity contribution in [3.63, 3.8) is 0 Å². The monoisotopic (exact) mass is 758 g/mol. The zero-order valence-electron chi connectivity index (χ0n) is 32.9. The standard InChI is InChI=1S/C56H42N2O/c1-2-14-53-49(51-38-37-50-48-21-12-13-22-52(48)56(59)54(50)55(51)58(53)44-19-10-5-11-20-44)36-25-39-23-30-45(31-24-39)57(46-32-26-42(27-33-46)40-15-6-3-7-16-40)47-34-28-43(29-35-47)41-17-8-4-9-18-41/h2-19,21-38,44H,20H2,1H3/b14-2-,36-25?. The smallest absolute Gasteiger partial charge is 0.196 e. The summed E-state index contributed by atoms with van der Waals surface area (Å²) in [5.74, 6) is 0.0994. The molecule has 2 aliphatic carbocycles. The summed E-state index contributed by atoms with van der Waals surface area (Å²) in [6.45, 7) is 2.06. The lowest BCUT2D eigenvalue weighted by Crippen LogP contribution is -2.11. The van der Waals surface area contributed by atoms with E-state index in [9.17, 15) is 4.79 Å². The van der Waals surface area contributed by atoms with Gasteiger partial charge in [0.15, 0.2) is 5.78 Å². The van der Waals surface area contributed by atoms with Crippen LogP contribution in [0.3, 0.4) is 0 Å². The van der Waals surface area contributed by atoms with Crippen molar-refractivity contribution in [2.75, 3.05) is 4.90 Å². The van der Waals surface area contributed by atoms with Crippen LogP contribution in [0, 0.1) is 0 Å². The summed E-state index contributed by atoms with van der Waals surface area (Å²) < 4.78 is 2.39. The number of fused-ring (bicyclic) bond motifs is 5. The first-order chi connectivity index (χ1) is 29.2. The Kier molecular flexibility index (Phi) is 9.40. The van der Waals surface area contributed by atoms with Crippen LogP contribution in [0.5, 0.6) is 0 Å². The molecule has 0 aliphatic heterocycles. The minimum absolute atomic E-state index is 0.0904. The van der Waals surface area contributed by atoms with Gasteiger partial charge in [-0.3, -0.25) is 4.79 Å². The fourth-order valence-electron chi connectivity index (χ4n) is 8.79. The van der Waals surface area contributed by atoms with Gasteiger partial charge in [0.05, 0.1) is 17.1 Å². The third-order valence-corrected chi connectivity index (χ3v) is 11.6. The fraction of sp³-hybridized carbons (Fsp3) is 0.0536. The average Bonchev–Trinajstić information content (AvgIpc) is 3.78. The summed E-state index contributed by atoms with van der Waals surface area (Å²) in [6, 6.07) is 59.9. The van der Waals surface area contributed by atoms with Crippen LogP contribution < -0.4 is 4.90 Å². The molecule has 1 atom stereocenters. The molecule has 0 radical (unpaired) electrons. The van der Waals surface area contributed by atoms with E-state index in [4.69, 9.17) is 0 Å². The predicted molar refractivity (Wildman–Crippen MR) is 248 cm³/mol. The molecule has 0 amide bonds. The molecule has 0 N–H and O–H groups in total. The van der Waals surface area contributed by atoms with Crippen molar-refractivity contribution in [1.82, 2.24) is 4.57 Å². The second kappa shape index (κ2) is 15.5. The van der Waals surface area contributed by atoms with Crippen LogP contribution in [0.1, 0.15) is 52.1 Å². The fourth-order valence-corrected chi connectivity index (χ4v) is 8.79. The van der Waals surface area contributed by atoms with Crippen molar-refractivity contribution in [1.29, 1.82) is 0 Å². The third-order valence-electron chi connectivity index (χ3n) is 11.6. The molecular weight excluding hydrogens is 717 g/mol. The summed E-state index contributed by atoms with van der Waals surface area (Å²) in [5.41, 5.74) is 15.9. The number of carbonyl (C=O) groups is 1. The lowest BCUT2D eigenvalue weighted by atomic mass is 10.0. The van der Waals surface area contributed by atoms with E-state index in [1.807, 2.05) is 18.2 Å². The Morgan fingerprint density at radius 2 is 1.10 bits per heavy atom. The molecule has 0 fully saturated rings. The first-order valence-electron chi connectivity index (χ1n) is 20.4. The lowest BCUT2D eigenvalue weighted by molar-refractivity contribution is 0.104. The highest BCUT2D eigenvalue weighted by molar-refractivity contribution is 6.27. The highest BCUT2D eigenvalue weighted by atomic mass is 16.1. The number of carbonyl (C=O) groups excluding carboxylic acids is 1. The maximum absolute atomic E-state index is 14.2. The van der Waals surface area contributed by atoms with Crippen molar-refractivity contribution >= 4 is 52.0 Å². The molecule has 8 aromatic rings. The van der Waals surface area contributed by atoms with Gasteiger partial charge < -0.3 is 9.47 Å². The summed E-state index contributed by atoms with van der Waals surface area (Å²) >= 11 is 0. The number of benzene rings is 7. The molecule has 1 heterocycles. The van der Waals surface area contributed by atoms with Crippen LogP contribution in [0.25, 0.3) is 62.5 Å². The molecule has 59 heavy (non-hydrogen) atoms. The Balaban J connectivity index is 1.04. The van der Waals surface area contributed by atoms with Crippen LogP contribution in [-0.4, -0.2) is 10.4 Å². The van der Waals surface area contributed by atoms with Gasteiger partial charge >= 0.3 is 0 Å². The maximum Gasteiger partial charge on any atom is 0.196 e. The predicted octanol–water partition coefficient (Wildman–Crippen LogP) is 14.9. The topological polar surface area (TPSA) is 25.2 Å². The number of hydrogen-bond donors (Lipinski definition) is 0. The number of nitrogens with zero attached hydrogens (tertiary/aromatic N) is 2. The van der Waals surface area contributed by atoms with Crippen molar-refractivity contribution in [2.45, 2.75) is 19.4 Å². The zero-order valence-corrected chi connectivity index (χ0v) is 32.9. The molecule has 0 bridgehead atoms. The Morgan fingerprint density at radius 1 is 0.542 bits per heavy atom. The van der Waals surface area contributed by atoms with E-state index in [1.54, 1.807) is 0 Å². The molecule has 282 valence electrons. The molecule has 0 saturated heterocycles. The normalized spacial score (nSPS) is 14.4. The Bertz CT molecular complexity index is 2860. The van der Waals surface area contributed by atoms with E-state index in [0.29, 0.717) is 0 Å². The first-order valence-corrected chi connectivity index (χ1v) is 20.4. The number of rotatable bonds is 9. The van der Waals surface area contributed by atoms with Gasteiger partial charge in [-0.1, -0.05) is 176 Å². The zero-order chi connectivity index (χ0) is 39.7. The van der Waals surface area contributed by atoms with E-state index in [1.165, 1.54) is 22.3 Å². The highest BCUT2D eigenvalue weighted by Crippen LogP contribution is 2.45. The minimum atomic E-state index is 0.0904. The van der Waals surface area contributed by atoms with E-state index < -0.39 is 0 Å². The minimum Gasteiger partial charge on any atom is -0.333 e. The highest BCUT2D eigenvalue weighted by Gasteiger charge is 2.32. The molecular formula is C56H42N2O. The van der Waals surface area contributed by atoms with Crippen LogP contribution in [0.4, 0.5) is 17.1 Å². The SMILES string of the molecule is C/C=C\c1c(C=Cc2ccc(N(c3ccc(-c4ccccc4)cc3)c3ccc(-c4ccccc4)cc3)cc2)c2ccc3c(c2n1C1C=CC=CC1)C(=O)c1ccccc1-3. The number of allylic oxidation sites excluding steroid dienone is 5. The van der Waals surface area contributed by atoms with E-state index in [-0.39, 0.29) is 11.8 Å². The van der Waals surface area contributed by atoms with Gasteiger partial charge in [0.2, 0.25) is 0 Å². The van der Waals surface area contributed by atoms with Crippen LogP contribution >= 0.6 is 0 Å². The van der Waals surface area contributed by atoms with Gasteiger partial charge in [0.1, 0.15) is 0 Å². The van der Waals surface area contributed by atoms with Crippen molar-refractivity contribution in [2.24, 2.45) is 0 Å². The third kappa shape index (κ3) is 6.57. The molecule has 3 nitrogen and oxygen atoms in total. The molecule has 10 rings (SSSR count). The number of ketones is 1. The second-order valence-electron chi connectivity index (χ2n) is 15.1. The molecule has 2 aliphatic rings. The molecule has 0 saturated carbocycles. The molecule has 7 aromatic carbocycles. The van der Waals surface area contributed by atoms with E-state index in [2.05, 4.69) is 217 Å². The van der Waals surface area contributed by atoms with Gasteiger partial charge in [-0.2, -0.15) is 0 Å². The maximum atomic E-state index is 14.2. The number of anilines is 3. The first kappa shape index (κ1) is 35.9. The Labute approximate surface area is 345 Å². The van der Waals surface area contributed by atoms with Crippen LogP contribution in [-0.2, 0) is 0 Å². The summed E-state index contributed by atoms with van der Waals surface area (Å²) in [4.78, 5) is 16.5. The number of aromatic nitrogens is 1. The van der Waals surface area contributed by atoms with E-state index >= 15 is 0 Å². The summed E-state index contributed by atoms with van der Waals surface area (Å²) in [5, 5.41) is 1.08.